The summed E-state index contributed by atoms with van der Waals surface area (Å²) < 4.78 is 14.6. The zero-order valence-corrected chi connectivity index (χ0v) is 16.4. The van der Waals surface area contributed by atoms with Crippen molar-refractivity contribution < 1.29 is 4.39 Å². The molecular formula is C22H28FN5. The summed E-state index contributed by atoms with van der Waals surface area (Å²) in [5, 5.41) is 3.41. The van der Waals surface area contributed by atoms with Crippen LogP contribution in [0.2, 0.25) is 0 Å². The second-order valence-electron chi connectivity index (χ2n) is 7.43. The van der Waals surface area contributed by atoms with Gasteiger partial charge in [0.05, 0.1) is 11.3 Å². The van der Waals surface area contributed by atoms with Gasteiger partial charge in [-0.1, -0.05) is 24.3 Å². The van der Waals surface area contributed by atoms with Crippen LogP contribution in [0.15, 0.2) is 53.5 Å². The maximum absolute atomic E-state index is 14.6. The lowest BCUT2D eigenvalue weighted by Crippen LogP contribution is -2.58. The van der Waals surface area contributed by atoms with Crippen LogP contribution in [-0.2, 0) is 0 Å². The van der Waals surface area contributed by atoms with Gasteiger partial charge in [0.1, 0.15) is 17.3 Å². The number of halogens is 1. The fourth-order valence-corrected chi connectivity index (χ4v) is 4.42. The number of nitrogens with zero attached hydrogens (tertiary/aromatic N) is 3. The highest BCUT2D eigenvalue weighted by molar-refractivity contribution is 6.04. The average Bonchev–Trinajstić information content (AvgIpc) is 2.71. The number of nitrogens with two attached hydrogens (primary N) is 1. The van der Waals surface area contributed by atoms with Crippen LogP contribution < -0.4 is 20.9 Å². The fourth-order valence-electron chi connectivity index (χ4n) is 4.42. The first-order valence-electron chi connectivity index (χ1n) is 10.1. The Balaban J connectivity index is 1.67. The lowest BCUT2D eigenvalue weighted by atomic mass is 9.92. The molecule has 6 heteroatoms. The molecule has 0 unspecified atom stereocenters. The van der Waals surface area contributed by atoms with Crippen molar-refractivity contribution in [3.05, 3.63) is 59.9 Å². The molecule has 0 bridgehead atoms. The molecule has 0 saturated carbocycles. The predicted octanol–water partition coefficient (Wildman–Crippen LogP) is 2.96. The van der Waals surface area contributed by atoms with Crippen molar-refractivity contribution in [1.29, 1.82) is 0 Å². The number of para-hydroxylation sites is 1. The van der Waals surface area contributed by atoms with Crippen LogP contribution in [-0.4, -0.2) is 44.2 Å². The Morgan fingerprint density at radius 2 is 1.89 bits per heavy atom. The van der Waals surface area contributed by atoms with Crippen molar-refractivity contribution in [2.24, 2.45) is 10.7 Å². The van der Waals surface area contributed by atoms with Gasteiger partial charge >= 0.3 is 0 Å². The minimum atomic E-state index is -0.397. The third-order valence-electron chi connectivity index (χ3n) is 5.87. The van der Waals surface area contributed by atoms with Gasteiger partial charge in [-0.05, 0) is 44.3 Å². The molecule has 0 atom stereocenters. The molecule has 0 aliphatic carbocycles. The van der Waals surface area contributed by atoms with E-state index >= 15 is 0 Å². The van der Waals surface area contributed by atoms with Crippen LogP contribution in [0.5, 0.6) is 0 Å². The normalized spacial score (nSPS) is 17.9. The highest BCUT2D eigenvalue weighted by atomic mass is 19.1. The third kappa shape index (κ3) is 3.33. The van der Waals surface area contributed by atoms with Crippen molar-refractivity contribution in [3.8, 4) is 0 Å². The molecule has 5 nitrogen and oxygen atoms in total. The number of likely N-dealkylation sites (N-methyl/N-ethyl adjacent to an activating group) is 1. The molecule has 2 heterocycles. The van der Waals surface area contributed by atoms with E-state index in [1.165, 1.54) is 11.8 Å². The molecule has 28 heavy (non-hydrogen) atoms. The summed E-state index contributed by atoms with van der Waals surface area (Å²) in [5.74, 6) is 0.0181. The molecule has 2 aromatic rings. The first-order valence-corrected chi connectivity index (χ1v) is 10.1. The van der Waals surface area contributed by atoms with E-state index < -0.39 is 5.66 Å². The second-order valence-corrected chi connectivity index (χ2v) is 7.43. The topological polar surface area (TPSA) is 56.9 Å². The average molecular weight is 381 g/mol. The number of piperidine rings is 1. The Hall–Kier alpha value is -2.60. The van der Waals surface area contributed by atoms with E-state index in [1.807, 2.05) is 12.1 Å². The first-order chi connectivity index (χ1) is 13.6. The van der Waals surface area contributed by atoms with Gasteiger partial charge in [0.25, 0.3) is 0 Å². The van der Waals surface area contributed by atoms with E-state index in [1.54, 1.807) is 6.07 Å². The molecule has 0 radical (unpaired) electrons. The summed E-state index contributed by atoms with van der Waals surface area (Å²) in [7, 11) is 0. The zero-order valence-electron chi connectivity index (χ0n) is 16.4. The second kappa shape index (κ2) is 7.80. The molecule has 2 aliphatic heterocycles. The van der Waals surface area contributed by atoms with Crippen LogP contribution >= 0.6 is 0 Å². The summed E-state index contributed by atoms with van der Waals surface area (Å²) in [4.78, 5) is 9.48. The smallest absolute Gasteiger partial charge is 0.136 e. The molecule has 1 fully saturated rings. The molecular weight excluding hydrogens is 353 g/mol. The van der Waals surface area contributed by atoms with Gasteiger partial charge in [-0.2, -0.15) is 0 Å². The molecule has 2 aliphatic rings. The largest absolute Gasteiger partial charge is 0.383 e. The van der Waals surface area contributed by atoms with Crippen molar-refractivity contribution in [2.45, 2.75) is 25.4 Å². The maximum Gasteiger partial charge on any atom is 0.136 e. The number of nitrogens with one attached hydrogen (secondary N) is 1. The van der Waals surface area contributed by atoms with Crippen LogP contribution in [0.25, 0.3) is 0 Å². The van der Waals surface area contributed by atoms with Crippen molar-refractivity contribution in [2.75, 3.05) is 42.5 Å². The summed E-state index contributed by atoms with van der Waals surface area (Å²) in [6.45, 7) is 6.43. The van der Waals surface area contributed by atoms with E-state index in [2.05, 4.69) is 46.3 Å². The van der Waals surface area contributed by atoms with Crippen LogP contribution in [0, 0.1) is 5.82 Å². The molecule has 1 saturated heterocycles. The van der Waals surface area contributed by atoms with Gasteiger partial charge in [0.2, 0.25) is 0 Å². The quantitative estimate of drug-likeness (QED) is 0.836. The molecule has 0 aromatic heterocycles. The lowest BCUT2D eigenvalue weighted by Gasteiger charge is -2.48. The van der Waals surface area contributed by atoms with Crippen molar-refractivity contribution >= 4 is 17.2 Å². The molecule has 3 N–H and O–H groups in total. The third-order valence-corrected chi connectivity index (χ3v) is 5.87. The van der Waals surface area contributed by atoms with E-state index in [-0.39, 0.29) is 5.82 Å². The Kier molecular flexibility index (Phi) is 5.22. The molecule has 1 spiro atoms. The zero-order chi connectivity index (χ0) is 19.6. The summed E-state index contributed by atoms with van der Waals surface area (Å²) in [6.07, 6.45) is 1.72. The standard InChI is InChI=1S/C22H28FN5/c1-2-27(17-7-4-3-5-8-17)15-16-28-19-10-6-9-18(23)20(19)21(24)26-22(28)11-13-25-14-12-22/h3-10,25H,2,11-16H2,1H3,(H2,24,26). The number of amidine groups is 1. The monoisotopic (exact) mass is 381 g/mol. The number of benzene rings is 2. The Morgan fingerprint density at radius 1 is 1.14 bits per heavy atom. The Labute approximate surface area is 166 Å². The van der Waals surface area contributed by atoms with E-state index in [0.29, 0.717) is 11.4 Å². The van der Waals surface area contributed by atoms with Crippen LogP contribution in [0.4, 0.5) is 15.8 Å². The summed E-state index contributed by atoms with van der Waals surface area (Å²) in [5.41, 5.74) is 8.34. The SMILES string of the molecule is CCN(CCN1c2cccc(F)c2C(N)=NC12CCNCC2)c1ccccc1. The van der Waals surface area contributed by atoms with Crippen molar-refractivity contribution in [1.82, 2.24) is 5.32 Å². The van der Waals surface area contributed by atoms with Gasteiger partial charge in [-0.15, -0.1) is 0 Å². The number of aliphatic imine (C=N–C) groups is 1. The van der Waals surface area contributed by atoms with Crippen LogP contribution in [0.1, 0.15) is 25.3 Å². The highest BCUT2D eigenvalue weighted by Gasteiger charge is 2.42. The lowest BCUT2D eigenvalue weighted by molar-refractivity contribution is 0.295. The first kappa shape index (κ1) is 18.7. The highest BCUT2D eigenvalue weighted by Crippen LogP contribution is 2.39. The number of hydrogen-bond acceptors (Lipinski definition) is 5. The number of hydrogen-bond donors (Lipinski definition) is 2. The minimum Gasteiger partial charge on any atom is -0.383 e. The van der Waals surface area contributed by atoms with E-state index in [0.717, 1.165) is 51.3 Å². The van der Waals surface area contributed by atoms with Gasteiger partial charge in [-0.3, -0.25) is 0 Å². The molecule has 4 rings (SSSR count). The van der Waals surface area contributed by atoms with Gasteiger partial charge < -0.3 is 20.9 Å². The number of fused-ring (bicyclic) bond motifs is 1. The number of rotatable bonds is 5. The Morgan fingerprint density at radius 3 is 2.61 bits per heavy atom. The van der Waals surface area contributed by atoms with Gasteiger partial charge in [0.15, 0.2) is 0 Å². The molecule has 2 aromatic carbocycles. The van der Waals surface area contributed by atoms with E-state index in [9.17, 15) is 4.39 Å². The number of anilines is 2. The Bertz CT molecular complexity index is 845. The summed E-state index contributed by atoms with van der Waals surface area (Å²) >= 11 is 0. The van der Waals surface area contributed by atoms with Gasteiger partial charge in [0, 0.05) is 38.2 Å². The molecule has 0 amide bonds. The fraction of sp³-hybridized carbons (Fsp3) is 0.409. The van der Waals surface area contributed by atoms with Crippen molar-refractivity contribution in [3.63, 3.8) is 0 Å². The molecule has 148 valence electrons. The van der Waals surface area contributed by atoms with Crippen LogP contribution in [0.3, 0.4) is 0 Å². The predicted molar refractivity (Wildman–Crippen MR) is 114 cm³/mol. The maximum atomic E-state index is 14.6. The van der Waals surface area contributed by atoms with Gasteiger partial charge in [-0.25, -0.2) is 9.38 Å². The van der Waals surface area contributed by atoms with E-state index in [4.69, 9.17) is 10.7 Å². The summed E-state index contributed by atoms with van der Waals surface area (Å²) in [6, 6.07) is 15.6. The minimum absolute atomic E-state index is 0.303.